The van der Waals surface area contributed by atoms with Crippen molar-refractivity contribution in [2.45, 2.75) is 30.8 Å². The van der Waals surface area contributed by atoms with Crippen LogP contribution in [0.1, 0.15) is 24.0 Å². The van der Waals surface area contributed by atoms with Gasteiger partial charge in [0.25, 0.3) is 0 Å². The average molecular weight is 468 g/mol. The maximum absolute atomic E-state index is 13.6. The molecule has 9 heteroatoms. The summed E-state index contributed by atoms with van der Waals surface area (Å²) in [5.74, 6) is -4.06. The highest BCUT2D eigenvalue weighted by atomic mass is 35.5. The molecule has 0 aromatic heterocycles. The number of fused-ring (bicyclic) bond motifs is 4. The normalized spacial score (nSPS) is 27.7. The lowest BCUT2D eigenvalue weighted by molar-refractivity contribution is -0.143. The van der Waals surface area contributed by atoms with Crippen LogP contribution in [0, 0.1) is 11.8 Å². The summed E-state index contributed by atoms with van der Waals surface area (Å²) in [4.78, 5) is 52.9. The number of carbonyl (C=O) groups excluding carboxylic acids is 3. The van der Waals surface area contributed by atoms with Gasteiger partial charge < -0.3 is 10.4 Å². The molecule has 3 aliphatic heterocycles. The van der Waals surface area contributed by atoms with E-state index in [-0.39, 0.29) is 25.3 Å². The topological polar surface area (TPSA) is 116 Å². The van der Waals surface area contributed by atoms with Crippen molar-refractivity contribution < 1.29 is 24.3 Å². The molecule has 3 amide bonds. The first-order valence-corrected chi connectivity index (χ1v) is 11.2. The maximum Gasteiger partial charge on any atom is 0.303 e. The van der Waals surface area contributed by atoms with Gasteiger partial charge in [-0.15, -0.1) is 0 Å². The largest absolute Gasteiger partial charge is 0.481 e. The number of halogens is 1. The zero-order valence-corrected chi connectivity index (χ0v) is 18.3. The fourth-order valence-electron chi connectivity index (χ4n) is 5.49. The molecule has 5 rings (SSSR count). The Morgan fingerprint density at radius 3 is 2.55 bits per heavy atom. The highest BCUT2D eigenvalue weighted by molar-refractivity contribution is 6.35. The molecule has 3 N–H and O–H groups in total. The third kappa shape index (κ3) is 3.24. The molecule has 33 heavy (non-hydrogen) atoms. The van der Waals surface area contributed by atoms with Crippen LogP contribution in [0.15, 0.2) is 48.5 Å². The van der Waals surface area contributed by atoms with Gasteiger partial charge in [-0.3, -0.25) is 29.4 Å². The minimum atomic E-state index is -1.47. The minimum absolute atomic E-state index is 0.118. The Balaban J connectivity index is 1.53. The second-order valence-electron chi connectivity index (χ2n) is 8.67. The summed E-state index contributed by atoms with van der Waals surface area (Å²) in [6, 6.07) is 13.9. The fourth-order valence-corrected chi connectivity index (χ4v) is 5.71. The third-order valence-electron chi connectivity index (χ3n) is 6.93. The summed E-state index contributed by atoms with van der Waals surface area (Å²) < 4.78 is 0. The number of anilines is 1. The Hall–Kier alpha value is -3.23. The van der Waals surface area contributed by atoms with Crippen LogP contribution in [0.4, 0.5) is 5.69 Å². The van der Waals surface area contributed by atoms with Crippen molar-refractivity contribution in [2.75, 3.05) is 11.9 Å². The van der Waals surface area contributed by atoms with Gasteiger partial charge >= 0.3 is 5.97 Å². The van der Waals surface area contributed by atoms with Gasteiger partial charge in [0.2, 0.25) is 17.7 Å². The molecule has 8 nitrogen and oxygen atoms in total. The summed E-state index contributed by atoms with van der Waals surface area (Å²) in [7, 11) is 0. The molecule has 3 aliphatic rings. The third-order valence-corrected chi connectivity index (χ3v) is 7.24. The van der Waals surface area contributed by atoms with Crippen LogP contribution in [0.2, 0.25) is 5.02 Å². The number of amides is 3. The van der Waals surface area contributed by atoms with E-state index in [1.54, 1.807) is 18.2 Å². The number of nitrogens with one attached hydrogen (secondary N) is 2. The molecular formula is C24H22ClN3O5. The van der Waals surface area contributed by atoms with Gasteiger partial charge in [-0.1, -0.05) is 54.1 Å². The van der Waals surface area contributed by atoms with Gasteiger partial charge in [-0.25, -0.2) is 0 Å². The molecule has 1 spiro atoms. The number of hydrogen-bond donors (Lipinski definition) is 3. The van der Waals surface area contributed by atoms with E-state index >= 15 is 0 Å². The molecule has 4 atom stereocenters. The number of benzene rings is 2. The van der Waals surface area contributed by atoms with Crippen molar-refractivity contribution in [1.82, 2.24) is 10.2 Å². The zero-order valence-electron chi connectivity index (χ0n) is 17.6. The number of carboxylic acids is 1. The summed E-state index contributed by atoms with van der Waals surface area (Å²) in [5.41, 5.74) is 0.444. The second-order valence-corrected chi connectivity index (χ2v) is 9.08. The number of para-hydroxylation sites is 1. The number of rotatable bonds is 6. The zero-order chi connectivity index (χ0) is 23.3. The van der Waals surface area contributed by atoms with Crippen molar-refractivity contribution in [3.8, 4) is 0 Å². The number of imide groups is 1. The minimum Gasteiger partial charge on any atom is -0.481 e. The molecular weight excluding hydrogens is 446 g/mol. The Labute approximate surface area is 194 Å². The SMILES string of the molecule is O=C(O)CC[C@H]1N[C@@]2(C(=O)Nc3c(Cl)cccc32)[C@@H]2C(=O)N(CCc3ccccc3)C(=O)[C@H]21. The molecule has 0 unspecified atom stereocenters. The van der Waals surface area contributed by atoms with Crippen LogP contribution in [-0.2, 0) is 31.1 Å². The Morgan fingerprint density at radius 1 is 1.06 bits per heavy atom. The van der Waals surface area contributed by atoms with Gasteiger partial charge in [-0.2, -0.15) is 0 Å². The molecule has 2 aromatic carbocycles. The lowest BCUT2D eigenvalue weighted by atomic mass is 9.76. The number of nitrogens with zero attached hydrogens (tertiary/aromatic N) is 1. The van der Waals surface area contributed by atoms with E-state index in [4.69, 9.17) is 11.6 Å². The van der Waals surface area contributed by atoms with Crippen LogP contribution in [0.25, 0.3) is 0 Å². The highest BCUT2D eigenvalue weighted by Gasteiger charge is 2.70. The van der Waals surface area contributed by atoms with Gasteiger partial charge in [0.05, 0.1) is 22.5 Å². The van der Waals surface area contributed by atoms with Crippen LogP contribution < -0.4 is 10.6 Å². The first-order chi connectivity index (χ1) is 15.8. The number of likely N-dealkylation sites (tertiary alicyclic amines) is 1. The van der Waals surface area contributed by atoms with Crippen molar-refractivity contribution in [1.29, 1.82) is 0 Å². The monoisotopic (exact) mass is 467 g/mol. The summed E-state index contributed by atoms with van der Waals surface area (Å²) in [6.07, 6.45) is 0.423. The Morgan fingerprint density at radius 2 is 1.82 bits per heavy atom. The van der Waals surface area contributed by atoms with E-state index in [2.05, 4.69) is 10.6 Å². The van der Waals surface area contributed by atoms with Crippen LogP contribution >= 0.6 is 11.6 Å². The van der Waals surface area contributed by atoms with Crippen molar-refractivity contribution in [3.05, 3.63) is 64.7 Å². The van der Waals surface area contributed by atoms with Crippen LogP contribution in [-0.4, -0.2) is 46.3 Å². The first kappa shape index (κ1) is 21.6. The number of aliphatic carboxylic acids is 1. The molecule has 0 aliphatic carbocycles. The quantitative estimate of drug-likeness (QED) is 0.561. The average Bonchev–Trinajstić information content (AvgIpc) is 3.38. The van der Waals surface area contributed by atoms with E-state index in [0.717, 1.165) is 5.56 Å². The Kier molecular flexibility index (Phi) is 5.22. The lowest BCUT2D eigenvalue weighted by Crippen LogP contribution is -2.53. The number of hydrogen-bond acceptors (Lipinski definition) is 5. The van der Waals surface area contributed by atoms with E-state index in [9.17, 15) is 24.3 Å². The molecule has 0 radical (unpaired) electrons. The molecule has 2 fully saturated rings. The highest BCUT2D eigenvalue weighted by Crippen LogP contribution is 2.54. The standard InChI is InChI=1S/C24H22ClN3O5/c25-15-8-4-7-14-20(15)26-23(33)24(14)19-18(16(27-24)9-10-17(29)30)21(31)28(22(19)32)12-11-13-5-2-1-3-6-13/h1-8,16,18-19,27H,9-12H2,(H,26,33)(H,29,30)/t16-,18+,19+,24-/m1/s1. The van der Waals surface area contributed by atoms with Crippen LogP contribution in [0.3, 0.4) is 0 Å². The smallest absolute Gasteiger partial charge is 0.303 e. The molecule has 3 heterocycles. The predicted octanol–water partition coefficient (Wildman–Crippen LogP) is 2.17. The van der Waals surface area contributed by atoms with Gasteiger partial charge in [0, 0.05) is 24.6 Å². The van der Waals surface area contributed by atoms with Crippen molar-refractivity contribution in [3.63, 3.8) is 0 Å². The van der Waals surface area contributed by atoms with Crippen molar-refractivity contribution >= 4 is 41.0 Å². The van der Waals surface area contributed by atoms with E-state index < -0.39 is 41.2 Å². The molecule has 0 saturated carbocycles. The van der Waals surface area contributed by atoms with E-state index in [0.29, 0.717) is 22.7 Å². The van der Waals surface area contributed by atoms with Crippen molar-refractivity contribution in [2.24, 2.45) is 11.8 Å². The summed E-state index contributed by atoms with van der Waals surface area (Å²) in [5, 5.41) is 15.5. The lowest BCUT2D eigenvalue weighted by Gasteiger charge is -2.29. The maximum atomic E-state index is 13.6. The molecule has 0 bridgehead atoms. The second kappa shape index (κ2) is 7.97. The first-order valence-electron chi connectivity index (χ1n) is 10.8. The molecule has 170 valence electrons. The van der Waals surface area contributed by atoms with Gasteiger partial charge in [-0.05, 0) is 24.5 Å². The number of carboxylic acid groups (broad SMARTS) is 1. The van der Waals surface area contributed by atoms with Gasteiger partial charge in [0.1, 0.15) is 5.54 Å². The van der Waals surface area contributed by atoms with E-state index in [1.807, 2.05) is 30.3 Å². The molecule has 2 aromatic rings. The fraction of sp³-hybridized carbons (Fsp3) is 0.333. The summed E-state index contributed by atoms with van der Waals surface area (Å²) in [6.45, 7) is 0.195. The van der Waals surface area contributed by atoms with E-state index in [1.165, 1.54) is 4.90 Å². The van der Waals surface area contributed by atoms with Crippen LogP contribution in [0.5, 0.6) is 0 Å². The Bertz CT molecular complexity index is 1170. The molecule has 2 saturated heterocycles. The summed E-state index contributed by atoms with van der Waals surface area (Å²) >= 11 is 6.31. The van der Waals surface area contributed by atoms with Gasteiger partial charge in [0.15, 0.2) is 0 Å². The predicted molar refractivity (Wildman–Crippen MR) is 119 cm³/mol. The number of carbonyl (C=O) groups is 4.